The van der Waals surface area contributed by atoms with Gasteiger partial charge in [-0.1, -0.05) is 11.6 Å². The minimum Gasteiger partial charge on any atom is -0.465 e. The van der Waals surface area contributed by atoms with Gasteiger partial charge in [0, 0.05) is 13.1 Å². The first-order valence-corrected chi connectivity index (χ1v) is 7.22. The van der Waals surface area contributed by atoms with E-state index in [0.29, 0.717) is 13.1 Å². The van der Waals surface area contributed by atoms with Gasteiger partial charge in [0.2, 0.25) is 5.91 Å². The van der Waals surface area contributed by atoms with Crippen LogP contribution in [0.5, 0.6) is 0 Å². The number of amides is 1. The number of allylic oxidation sites excluding steroid dienone is 2. The molecule has 0 aromatic carbocycles. The average Bonchev–Trinajstić information content (AvgIpc) is 2.67. The van der Waals surface area contributed by atoms with Crippen LogP contribution >= 0.6 is 0 Å². The number of carbonyl (C=O) groups is 3. The maximum atomic E-state index is 12.8. The van der Waals surface area contributed by atoms with Gasteiger partial charge in [-0.25, -0.2) is 0 Å². The monoisotopic (exact) mass is 291 g/mol. The largest absolute Gasteiger partial charge is 0.465 e. The topological polar surface area (TPSA) is 63.7 Å². The van der Waals surface area contributed by atoms with Crippen LogP contribution in [0, 0.1) is 10.8 Å². The second-order valence-corrected chi connectivity index (χ2v) is 5.70. The van der Waals surface area contributed by atoms with Crippen LogP contribution in [0.2, 0.25) is 0 Å². The highest BCUT2D eigenvalue weighted by molar-refractivity contribution is 6.08. The molecule has 2 rings (SSSR count). The number of likely N-dealkylation sites (tertiary alicyclic amines) is 1. The summed E-state index contributed by atoms with van der Waals surface area (Å²) in [4.78, 5) is 38.5. The van der Waals surface area contributed by atoms with Gasteiger partial charge in [-0.05, 0) is 39.8 Å². The van der Waals surface area contributed by atoms with E-state index in [1.165, 1.54) is 12.2 Å². The molecule has 2 atom stereocenters. The molecule has 21 heavy (non-hydrogen) atoms. The van der Waals surface area contributed by atoms with E-state index in [1.807, 2.05) is 6.92 Å². The first kappa shape index (κ1) is 15.5. The zero-order valence-corrected chi connectivity index (χ0v) is 12.9. The van der Waals surface area contributed by atoms with Gasteiger partial charge in [-0.15, -0.1) is 0 Å². The Morgan fingerprint density at radius 1 is 1.38 bits per heavy atom. The van der Waals surface area contributed by atoms with Gasteiger partial charge < -0.3 is 9.64 Å². The fourth-order valence-electron chi connectivity index (χ4n) is 3.32. The Morgan fingerprint density at radius 2 is 2.05 bits per heavy atom. The van der Waals surface area contributed by atoms with E-state index in [1.54, 1.807) is 31.7 Å². The second kappa shape index (κ2) is 5.13. The number of hydrogen-bond acceptors (Lipinski definition) is 4. The van der Waals surface area contributed by atoms with Crippen molar-refractivity contribution in [3.05, 3.63) is 23.8 Å². The summed E-state index contributed by atoms with van der Waals surface area (Å²) in [5, 5.41) is 0. The molecule has 114 valence electrons. The van der Waals surface area contributed by atoms with Crippen molar-refractivity contribution in [1.29, 1.82) is 0 Å². The van der Waals surface area contributed by atoms with E-state index in [4.69, 9.17) is 4.74 Å². The molecule has 1 aliphatic heterocycles. The van der Waals surface area contributed by atoms with E-state index in [0.717, 1.165) is 5.57 Å². The predicted molar refractivity (Wildman–Crippen MR) is 77.3 cm³/mol. The molecule has 0 aromatic heterocycles. The molecule has 5 heteroatoms. The standard InChI is InChI=1S/C16H21NO4/c1-5-17-10-16(8-7-12(18)9-11(16)3)15(4,13(17)19)14(20)21-6-2/h7-9H,5-6,10H2,1-4H3/t15-,16-/m1/s1. The van der Waals surface area contributed by atoms with Gasteiger partial charge in [0.25, 0.3) is 0 Å². The number of ketones is 1. The number of esters is 1. The van der Waals surface area contributed by atoms with Crippen LogP contribution in [0.25, 0.3) is 0 Å². The number of hydrogen-bond donors (Lipinski definition) is 0. The predicted octanol–water partition coefficient (Wildman–Crippen LogP) is 1.49. The smallest absolute Gasteiger partial charge is 0.322 e. The lowest BCUT2D eigenvalue weighted by atomic mass is 9.61. The highest BCUT2D eigenvalue weighted by atomic mass is 16.5. The summed E-state index contributed by atoms with van der Waals surface area (Å²) in [6, 6.07) is 0. The van der Waals surface area contributed by atoms with Crippen molar-refractivity contribution in [3.8, 4) is 0 Å². The fraction of sp³-hybridized carbons (Fsp3) is 0.562. The molecular formula is C16H21NO4. The molecule has 0 bridgehead atoms. The van der Waals surface area contributed by atoms with Gasteiger partial charge in [0.05, 0.1) is 12.0 Å². The van der Waals surface area contributed by atoms with Gasteiger partial charge in [-0.2, -0.15) is 0 Å². The Labute approximate surface area is 124 Å². The van der Waals surface area contributed by atoms with E-state index in [2.05, 4.69) is 0 Å². The van der Waals surface area contributed by atoms with Crippen LogP contribution in [0.4, 0.5) is 0 Å². The molecule has 0 saturated carbocycles. The summed E-state index contributed by atoms with van der Waals surface area (Å²) in [5.41, 5.74) is -1.40. The summed E-state index contributed by atoms with van der Waals surface area (Å²) in [5.74, 6) is -0.889. The van der Waals surface area contributed by atoms with E-state index in [-0.39, 0.29) is 18.3 Å². The van der Waals surface area contributed by atoms with Crippen molar-refractivity contribution >= 4 is 17.7 Å². The Kier molecular flexibility index (Phi) is 3.78. The van der Waals surface area contributed by atoms with Crippen molar-refractivity contribution in [3.63, 3.8) is 0 Å². The lowest BCUT2D eigenvalue weighted by Gasteiger charge is -2.38. The van der Waals surface area contributed by atoms with Crippen LogP contribution in [0.15, 0.2) is 23.8 Å². The first-order valence-electron chi connectivity index (χ1n) is 7.22. The van der Waals surface area contributed by atoms with Gasteiger partial charge in [-0.3, -0.25) is 14.4 Å². The zero-order valence-electron chi connectivity index (χ0n) is 12.9. The molecule has 0 aromatic rings. The highest BCUT2D eigenvalue weighted by Gasteiger charge is 2.65. The summed E-state index contributed by atoms with van der Waals surface area (Å²) in [7, 11) is 0. The normalized spacial score (nSPS) is 31.8. The van der Waals surface area contributed by atoms with Gasteiger partial charge in [0.15, 0.2) is 11.2 Å². The lowest BCUT2D eigenvalue weighted by Crippen LogP contribution is -2.49. The van der Waals surface area contributed by atoms with Crippen LogP contribution in [-0.4, -0.2) is 42.3 Å². The second-order valence-electron chi connectivity index (χ2n) is 5.70. The molecule has 0 unspecified atom stereocenters. The van der Waals surface area contributed by atoms with Crippen LogP contribution in [0.1, 0.15) is 27.7 Å². The molecule has 1 saturated heterocycles. The molecular weight excluding hydrogens is 270 g/mol. The van der Waals surface area contributed by atoms with Crippen molar-refractivity contribution in [2.45, 2.75) is 27.7 Å². The lowest BCUT2D eigenvalue weighted by molar-refractivity contribution is -0.163. The van der Waals surface area contributed by atoms with E-state index < -0.39 is 16.8 Å². The van der Waals surface area contributed by atoms with Crippen LogP contribution in [0.3, 0.4) is 0 Å². The molecule has 5 nitrogen and oxygen atoms in total. The van der Waals surface area contributed by atoms with E-state index >= 15 is 0 Å². The number of rotatable bonds is 3. The van der Waals surface area contributed by atoms with Crippen LogP contribution < -0.4 is 0 Å². The Morgan fingerprint density at radius 3 is 2.57 bits per heavy atom. The Balaban J connectivity index is 2.60. The summed E-state index contributed by atoms with van der Waals surface area (Å²) >= 11 is 0. The first-order chi connectivity index (χ1) is 9.83. The quantitative estimate of drug-likeness (QED) is 0.584. The van der Waals surface area contributed by atoms with Crippen molar-refractivity contribution < 1.29 is 19.1 Å². The minimum atomic E-state index is -1.32. The molecule has 1 aliphatic carbocycles. The molecule has 1 amide bonds. The van der Waals surface area contributed by atoms with E-state index in [9.17, 15) is 14.4 Å². The third-order valence-corrected chi connectivity index (χ3v) is 4.71. The maximum Gasteiger partial charge on any atom is 0.322 e. The maximum absolute atomic E-state index is 12.8. The molecule has 0 radical (unpaired) electrons. The third-order valence-electron chi connectivity index (χ3n) is 4.71. The Bertz CT molecular complexity index is 563. The fourth-order valence-corrected chi connectivity index (χ4v) is 3.32. The SMILES string of the molecule is CCOC(=O)[C@@]1(C)C(=O)N(CC)C[C@@]12C=CC(=O)C=C2C. The number of carbonyl (C=O) groups excluding carboxylic acids is 3. The van der Waals surface area contributed by atoms with Crippen molar-refractivity contribution in [2.75, 3.05) is 19.7 Å². The third kappa shape index (κ3) is 1.94. The van der Waals surface area contributed by atoms with Gasteiger partial charge in [0.1, 0.15) is 0 Å². The van der Waals surface area contributed by atoms with Crippen LogP contribution in [-0.2, 0) is 19.1 Å². The van der Waals surface area contributed by atoms with Gasteiger partial charge >= 0.3 is 5.97 Å². The molecule has 1 spiro atoms. The molecule has 1 fully saturated rings. The molecule has 2 aliphatic rings. The zero-order chi connectivity index (χ0) is 15.8. The number of nitrogens with zero attached hydrogens (tertiary/aromatic N) is 1. The molecule has 0 N–H and O–H groups in total. The molecule has 1 heterocycles. The number of ether oxygens (including phenoxy) is 1. The minimum absolute atomic E-state index is 0.119. The Hall–Kier alpha value is -1.91. The summed E-state index contributed by atoms with van der Waals surface area (Å²) < 4.78 is 5.16. The summed E-state index contributed by atoms with van der Waals surface area (Å²) in [6.45, 7) is 8.14. The van der Waals surface area contributed by atoms with Crippen molar-refractivity contribution in [2.24, 2.45) is 10.8 Å². The summed E-state index contributed by atoms with van der Waals surface area (Å²) in [6.07, 6.45) is 4.65. The highest BCUT2D eigenvalue weighted by Crippen LogP contribution is 2.54. The van der Waals surface area contributed by atoms with Crippen molar-refractivity contribution in [1.82, 2.24) is 4.90 Å². The average molecular weight is 291 g/mol.